The summed E-state index contributed by atoms with van der Waals surface area (Å²) >= 11 is 0. The molecule has 7 nitrogen and oxygen atoms in total. The molecule has 5 rings (SSSR count). The van der Waals surface area contributed by atoms with E-state index in [0.29, 0.717) is 11.8 Å². The second-order valence-corrected chi connectivity index (χ2v) is 8.74. The predicted molar refractivity (Wildman–Crippen MR) is 116 cm³/mol. The number of benzene rings is 2. The number of aromatic nitrogens is 4. The van der Waals surface area contributed by atoms with E-state index < -0.39 is 0 Å². The van der Waals surface area contributed by atoms with Gasteiger partial charge in [0.15, 0.2) is 17.5 Å². The van der Waals surface area contributed by atoms with Crippen LogP contribution < -0.4 is 9.64 Å². The lowest BCUT2D eigenvalue weighted by atomic mass is 9.94. The molecule has 31 heavy (non-hydrogen) atoms. The number of ether oxygens (including phenoxy) is 1. The van der Waals surface area contributed by atoms with Crippen LogP contribution in [0.3, 0.4) is 0 Å². The molecule has 162 valence electrons. The first-order valence-corrected chi connectivity index (χ1v) is 11.3. The summed E-state index contributed by atoms with van der Waals surface area (Å²) in [4.78, 5) is 1.42. The number of aromatic hydroxyl groups is 1. The minimum absolute atomic E-state index is 0.0280. The molecule has 3 aromatic rings. The molecular formula is C24H30N5O2+. The summed E-state index contributed by atoms with van der Waals surface area (Å²) in [7, 11) is 1.59. The van der Waals surface area contributed by atoms with Crippen LogP contribution >= 0.6 is 0 Å². The standard InChI is InChI=1S/C24H29N5O2/c1-31-22-15-18(11-12-21(22)30)23(28-14-13-17-7-5-6-8-19(17)16-28)24-25-26-27-29(24)20-9-3-2-4-10-20/h5-8,11-12,15,20,23,30H,2-4,9-10,13-14,16H2,1H3/p+1/t23-/m0/s1. The maximum Gasteiger partial charge on any atom is 0.214 e. The summed E-state index contributed by atoms with van der Waals surface area (Å²) < 4.78 is 7.51. The number of methoxy groups -OCH3 is 1. The normalized spacial score (nSPS) is 20.2. The summed E-state index contributed by atoms with van der Waals surface area (Å²) in [6, 6.07) is 14.7. The van der Waals surface area contributed by atoms with Crippen molar-refractivity contribution in [2.45, 2.75) is 57.2 Å². The van der Waals surface area contributed by atoms with Crippen molar-refractivity contribution in [3.8, 4) is 11.5 Å². The van der Waals surface area contributed by atoms with Gasteiger partial charge in [0.25, 0.3) is 0 Å². The fourth-order valence-electron chi connectivity index (χ4n) is 5.27. The van der Waals surface area contributed by atoms with E-state index in [1.54, 1.807) is 13.2 Å². The lowest BCUT2D eigenvalue weighted by Gasteiger charge is -2.33. The van der Waals surface area contributed by atoms with Gasteiger partial charge < -0.3 is 14.7 Å². The molecule has 0 saturated heterocycles. The summed E-state index contributed by atoms with van der Waals surface area (Å²) in [5.74, 6) is 1.54. The third-order valence-corrected chi connectivity index (χ3v) is 6.89. The Hall–Kier alpha value is -2.93. The van der Waals surface area contributed by atoms with Crippen LogP contribution in [0.5, 0.6) is 11.5 Å². The molecule has 2 N–H and O–H groups in total. The smallest absolute Gasteiger partial charge is 0.214 e. The second-order valence-electron chi connectivity index (χ2n) is 8.74. The molecule has 1 aliphatic heterocycles. The van der Waals surface area contributed by atoms with Crippen LogP contribution in [0.2, 0.25) is 0 Å². The van der Waals surface area contributed by atoms with E-state index in [0.717, 1.165) is 43.7 Å². The van der Waals surface area contributed by atoms with Crippen molar-refractivity contribution < 1.29 is 14.7 Å². The van der Waals surface area contributed by atoms with Crippen LogP contribution in [-0.2, 0) is 13.0 Å². The van der Waals surface area contributed by atoms with E-state index in [-0.39, 0.29) is 11.8 Å². The zero-order valence-corrected chi connectivity index (χ0v) is 18.0. The number of nitrogens with zero attached hydrogens (tertiary/aromatic N) is 4. The van der Waals surface area contributed by atoms with Crippen molar-refractivity contribution in [3.05, 3.63) is 65.0 Å². The molecule has 2 atom stereocenters. The monoisotopic (exact) mass is 420 g/mol. The topological polar surface area (TPSA) is 77.5 Å². The Morgan fingerprint density at radius 3 is 2.71 bits per heavy atom. The fraction of sp³-hybridized carbons (Fsp3) is 0.458. The number of hydrogen-bond donors (Lipinski definition) is 2. The summed E-state index contributed by atoms with van der Waals surface area (Å²) in [5, 5.41) is 23.3. The average molecular weight is 421 g/mol. The Kier molecular flexibility index (Phi) is 5.59. The van der Waals surface area contributed by atoms with Crippen molar-refractivity contribution in [3.63, 3.8) is 0 Å². The quantitative estimate of drug-likeness (QED) is 0.664. The fourth-order valence-corrected chi connectivity index (χ4v) is 5.27. The highest BCUT2D eigenvalue weighted by molar-refractivity contribution is 5.43. The first-order valence-electron chi connectivity index (χ1n) is 11.3. The van der Waals surface area contributed by atoms with Crippen LogP contribution in [0.1, 0.15) is 66.7 Å². The highest BCUT2D eigenvalue weighted by Gasteiger charge is 2.36. The number of phenolic OH excluding ortho intramolecular Hbond substituents is 1. The van der Waals surface area contributed by atoms with Gasteiger partial charge in [-0.25, -0.2) is 4.68 Å². The molecule has 7 heteroatoms. The molecule has 2 aromatic carbocycles. The second kappa shape index (κ2) is 8.67. The van der Waals surface area contributed by atoms with Crippen LogP contribution in [-0.4, -0.2) is 39.0 Å². The van der Waals surface area contributed by atoms with Gasteiger partial charge in [-0.2, -0.15) is 0 Å². The number of nitrogens with one attached hydrogen (secondary N) is 1. The Bertz CT molecular complexity index is 1040. The number of tetrazole rings is 1. The molecule has 0 bridgehead atoms. The Morgan fingerprint density at radius 2 is 1.90 bits per heavy atom. The summed E-state index contributed by atoms with van der Waals surface area (Å²) in [6.45, 7) is 1.92. The minimum Gasteiger partial charge on any atom is -0.504 e. The highest BCUT2D eigenvalue weighted by atomic mass is 16.5. The molecular weight excluding hydrogens is 390 g/mol. The van der Waals surface area contributed by atoms with Crippen LogP contribution in [0, 0.1) is 0 Å². The highest BCUT2D eigenvalue weighted by Crippen LogP contribution is 2.33. The molecule has 1 unspecified atom stereocenters. The summed E-state index contributed by atoms with van der Waals surface area (Å²) in [6.07, 6.45) is 7.03. The van der Waals surface area contributed by atoms with Gasteiger partial charge in [-0.15, -0.1) is 5.10 Å². The van der Waals surface area contributed by atoms with Gasteiger partial charge in [-0.05, 0) is 47.0 Å². The number of rotatable bonds is 5. The lowest BCUT2D eigenvalue weighted by Crippen LogP contribution is -3.12. The molecule has 1 fully saturated rings. The van der Waals surface area contributed by atoms with Crippen molar-refractivity contribution in [2.24, 2.45) is 0 Å². The molecule has 1 aromatic heterocycles. The van der Waals surface area contributed by atoms with Crippen molar-refractivity contribution in [1.82, 2.24) is 20.2 Å². The van der Waals surface area contributed by atoms with Crippen molar-refractivity contribution in [1.29, 1.82) is 0 Å². The lowest BCUT2D eigenvalue weighted by molar-refractivity contribution is -0.941. The van der Waals surface area contributed by atoms with Crippen LogP contribution in [0.4, 0.5) is 0 Å². The van der Waals surface area contributed by atoms with E-state index in [4.69, 9.17) is 4.74 Å². The largest absolute Gasteiger partial charge is 0.504 e. The minimum atomic E-state index is -0.0280. The van der Waals surface area contributed by atoms with Gasteiger partial charge in [0.05, 0.1) is 19.7 Å². The van der Waals surface area contributed by atoms with Gasteiger partial charge in [0.2, 0.25) is 5.82 Å². The van der Waals surface area contributed by atoms with Crippen LogP contribution in [0.15, 0.2) is 42.5 Å². The van der Waals surface area contributed by atoms with Gasteiger partial charge in [-0.3, -0.25) is 0 Å². The van der Waals surface area contributed by atoms with E-state index >= 15 is 0 Å². The van der Waals surface area contributed by atoms with Gasteiger partial charge >= 0.3 is 0 Å². The molecule has 0 spiro atoms. The predicted octanol–water partition coefficient (Wildman–Crippen LogP) is 2.62. The molecule has 1 saturated carbocycles. The Labute approximate surface area is 182 Å². The molecule has 2 heterocycles. The average Bonchev–Trinajstić information content (AvgIpc) is 3.30. The van der Waals surface area contributed by atoms with Crippen molar-refractivity contribution >= 4 is 0 Å². The third kappa shape index (κ3) is 3.90. The third-order valence-electron chi connectivity index (χ3n) is 6.89. The maximum atomic E-state index is 10.2. The zero-order valence-electron chi connectivity index (χ0n) is 18.0. The van der Waals surface area contributed by atoms with Gasteiger partial charge in [0.1, 0.15) is 6.54 Å². The molecule has 1 aliphatic carbocycles. The van der Waals surface area contributed by atoms with E-state index in [1.807, 2.05) is 12.1 Å². The van der Waals surface area contributed by atoms with Gasteiger partial charge in [-0.1, -0.05) is 43.5 Å². The Balaban J connectivity index is 1.57. The maximum absolute atomic E-state index is 10.2. The molecule has 0 amide bonds. The van der Waals surface area contributed by atoms with E-state index in [9.17, 15) is 5.11 Å². The molecule has 0 radical (unpaired) electrons. The van der Waals surface area contributed by atoms with E-state index in [2.05, 4.69) is 44.5 Å². The number of hydrogen-bond acceptors (Lipinski definition) is 5. The summed E-state index contributed by atoms with van der Waals surface area (Å²) in [5.41, 5.74) is 3.88. The molecule has 2 aliphatic rings. The number of phenols is 1. The van der Waals surface area contributed by atoms with Gasteiger partial charge in [0, 0.05) is 17.5 Å². The zero-order chi connectivity index (χ0) is 21.2. The first-order chi connectivity index (χ1) is 15.2. The Morgan fingerprint density at radius 1 is 1.10 bits per heavy atom. The van der Waals surface area contributed by atoms with Crippen LogP contribution in [0.25, 0.3) is 0 Å². The number of fused-ring (bicyclic) bond motifs is 1. The SMILES string of the molecule is COc1cc([C@@H](c2nnnn2C2CCCCC2)[NH+]2CCc3ccccc3C2)ccc1O. The first kappa shape index (κ1) is 20.0. The number of quaternary nitrogens is 1. The van der Waals surface area contributed by atoms with E-state index in [1.165, 1.54) is 35.3 Å². The van der Waals surface area contributed by atoms with Crippen molar-refractivity contribution in [2.75, 3.05) is 13.7 Å².